The van der Waals surface area contributed by atoms with E-state index in [0.29, 0.717) is 10.6 Å². The zero-order valence-corrected chi connectivity index (χ0v) is 16.6. The van der Waals surface area contributed by atoms with Gasteiger partial charge in [-0.3, -0.25) is 14.9 Å². The predicted molar refractivity (Wildman–Crippen MR) is 102 cm³/mol. The van der Waals surface area contributed by atoms with Gasteiger partial charge in [0.15, 0.2) is 6.61 Å². The predicted octanol–water partition coefficient (Wildman–Crippen LogP) is 2.37. The van der Waals surface area contributed by atoms with Crippen LogP contribution < -0.4 is 16.0 Å². The number of carbonyl (C=O) groups is 4. The van der Waals surface area contributed by atoms with E-state index < -0.39 is 24.5 Å². The van der Waals surface area contributed by atoms with Gasteiger partial charge in [-0.05, 0) is 44.6 Å². The molecule has 1 aliphatic rings. The second kappa shape index (κ2) is 9.50. The molecule has 1 atom stereocenters. The number of amides is 4. The van der Waals surface area contributed by atoms with Gasteiger partial charge in [-0.15, -0.1) is 11.3 Å². The quantitative estimate of drug-likeness (QED) is 0.640. The summed E-state index contributed by atoms with van der Waals surface area (Å²) in [7, 11) is 0. The normalized spacial score (nSPS) is 13.9. The number of fused-ring (bicyclic) bond motifs is 1. The summed E-state index contributed by atoms with van der Waals surface area (Å²) < 4.78 is 5.09. The fourth-order valence-corrected chi connectivity index (χ4v) is 4.08. The molecule has 8 nitrogen and oxygen atoms in total. The van der Waals surface area contributed by atoms with E-state index in [1.54, 1.807) is 0 Å². The molecule has 0 saturated carbocycles. The molecule has 2 rings (SSSR count). The lowest BCUT2D eigenvalue weighted by Gasteiger charge is -2.13. The molecule has 4 amide bonds. The number of ether oxygens (including phenoxy) is 1. The van der Waals surface area contributed by atoms with Gasteiger partial charge in [0.2, 0.25) is 5.91 Å². The van der Waals surface area contributed by atoms with Crippen molar-refractivity contribution in [3.05, 3.63) is 16.0 Å². The molecule has 0 unspecified atom stereocenters. The maximum atomic E-state index is 12.5. The molecule has 1 aromatic heterocycles. The van der Waals surface area contributed by atoms with Crippen LogP contribution in [0.25, 0.3) is 0 Å². The molecule has 0 fully saturated rings. The first-order valence-electron chi connectivity index (χ1n) is 9.01. The van der Waals surface area contributed by atoms with Gasteiger partial charge in [-0.2, -0.15) is 0 Å². The molecule has 0 radical (unpaired) electrons. The highest BCUT2D eigenvalue weighted by molar-refractivity contribution is 7.17. The Bertz CT molecular complexity index is 744. The number of hydrogen-bond acceptors (Lipinski definition) is 6. The average molecular weight is 395 g/mol. The van der Waals surface area contributed by atoms with E-state index in [2.05, 4.69) is 16.0 Å². The molecule has 0 aromatic carbocycles. The summed E-state index contributed by atoms with van der Waals surface area (Å²) in [6.45, 7) is 4.52. The van der Waals surface area contributed by atoms with Crippen LogP contribution in [0.3, 0.4) is 0 Å². The van der Waals surface area contributed by atoms with Crippen LogP contribution in [-0.2, 0) is 27.2 Å². The molecule has 1 aromatic rings. The second-order valence-electron chi connectivity index (χ2n) is 6.50. The maximum absolute atomic E-state index is 12.5. The summed E-state index contributed by atoms with van der Waals surface area (Å²) in [5.74, 6) is -1.66. The lowest BCUT2D eigenvalue weighted by Crippen LogP contribution is -2.44. The molecule has 1 aliphatic carbocycles. The van der Waals surface area contributed by atoms with E-state index in [1.165, 1.54) is 18.3 Å². The van der Waals surface area contributed by atoms with Crippen molar-refractivity contribution in [2.75, 3.05) is 11.9 Å². The number of hydrogen-bond donors (Lipinski definition) is 3. The Morgan fingerprint density at radius 2 is 1.89 bits per heavy atom. The summed E-state index contributed by atoms with van der Waals surface area (Å²) in [6, 6.07) is -0.699. The van der Waals surface area contributed by atoms with E-state index in [-0.39, 0.29) is 11.9 Å². The van der Waals surface area contributed by atoms with E-state index in [9.17, 15) is 19.2 Å². The first kappa shape index (κ1) is 20.9. The highest BCUT2D eigenvalue weighted by Crippen LogP contribution is 2.38. The maximum Gasteiger partial charge on any atom is 0.341 e. The Kier molecular flexibility index (Phi) is 7.35. The van der Waals surface area contributed by atoms with Crippen molar-refractivity contribution in [3.8, 4) is 0 Å². The molecule has 27 heavy (non-hydrogen) atoms. The fourth-order valence-electron chi connectivity index (χ4n) is 2.76. The van der Waals surface area contributed by atoms with Crippen molar-refractivity contribution in [1.82, 2.24) is 10.6 Å². The Hall–Kier alpha value is -2.42. The zero-order chi connectivity index (χ0) is 20.0. The molecular weight excluding hydrogens is 370 g/mol. The van der Waals surface area contributed by atoms with Crippen LogP contribution in [0.1, 0.15) is 60.8 Å². The van der Waals surface area contributed by atoms with Gasteiger partial charge in [-0.1, -0.05) is 6.92 Å². The van der Waals surface area contributed by atoms with E-state index in [1.807, 2.05) is 13.8 Å². The van der Waals surface area contributed by atoms with Crippen molar-refractivity contribution in [3.63, 3.8) is 0 Å². The van der Waals surface area contributed by atoms with Gasteiger partial charge in [0.05, 0.1) is 5.56 Å². The third-order valence-electron chi connectivity index (χ3n) is 4.24. The smallest absolute Gasteiger partial charge is 0.341 e. The first-order valence-corrected chi connectivity index (χ1v) is 9.83. The molecule has 0 saturated heterocycles. The number of thiophene rings is 1. The molecule has 1 heterocycles. The third-order valence-corrected chi connectivity index (χ3v) is 5.45. The first-order chi connectivity index (χ1) is 12.8. The number of anilines is 1. The monoisotopic (exact) mass is 395 g/mol. The van der Waals surface area contributed by atoms with Crippen LogP contribution in [0.2, 0.25) is 0 Å². The van der Waals surface area contributed by atoms with E-state index in [0.717, 1.165) is 42.5 Å². The molecular formula is C18H25N3O5S. The number of nitrogens with one attached hydrogen (secondary N) is 3. The van der Waals surface area contributed by atoms with Gasteiger partial charge in [0.25, 0.3) is 5.91 Å². The van der Waals surface area contributed by atoms with Gasteiger partial charge in [-0.25, -0.2) is 9.59 Å². The van der Waals surface area contributed by atoms with E-state index >= 15 is 0 Å². The Labute approximate surface area is 162 Å². The Morgan fingerprint density at radius 1 is 1.19 bits per heavy atom. The van der Waals surface area contributed by atoms with Gasteiger partial charge in [0, 0.05) is 17.8 Å². The van der Waals surface area contributed by atoms with Crippen LogP contribution in [0.5, 0.6) is 0 Å². The average Bonchev–Trinajstić information content (AvgIpc) is 2.96. The molecule has 0 spiro atoms. The van der Waals surface area contributed by atoms with Crippen LogP contribution in [0.15, 0.2) is 0 Å². The zero-order valence-electron chi connectivity index (χ0n) is 15.8. The van der Waals surface area contributed by atoms with Crippen LogP contribution in [0, 0.1) is 0 Å². The minimum Gasteiger partial charge on any atom is -0.452 e. The SMILES string of the molecule is CC[C@H](C)NC(=O)NC(=O)COC(=O)c1c(NC(C)=O)sc2c1CCCC2. The van der Waals surface area contributed by atoms with E-state index in [4.69, 9.17) is 4.74 Å². The number of carbonyl (C=O) groups excluding carboxylic acids is 4. The van der Waals surface area contributed by atoms with Crippen molar-refractivity contribution in [1.29, 1.82) is 0 Å². The highest BCUT2D eigenvalue weighted by Gasteiger charge is 2.27. The van der Waals surface area contributed by atoms with Gasteiger partial charge >= 0.3 is 12.0 Å². The summed E-state index contributed by atoms with van der Waals surface area (Å²) in [5, 5.41) is 7.84. The van der Waals surface area contributed by atoms with Crippen molar-refractivity contribution >= 4 is 40.2 Å². The number of esters is 1. The third kappa shape index (κ3) is 5.78. The summed E-state index contributed by atoms with van der Waals surface area (Å²) >= 11 is 1.38. The van der Waals surface area contributed by atoms with Crippen molar-refractivity contribution in [2.24, 2.45) is 0 Å². The summed E-state index contributed by atoms with van der Waals surface area (Å²) in [5.41, 5.74) is 1.21. The molecule has 9 heteroatoms. The Balaban J connectivity index is 2.01. The second-order valence-corrected chi connectivity index (χ2v) is 7.61. The molecule has 0 aliphatic heterocycles. The van der Waals surface area contributed by atoms with Crippen molar-refractivity contribution < 1.29 is 23.9 Å². The minimum atomic E-state index is -0.714. The number of aryl methyl sites for hydroxylation is 1. The highest BCUT2D eigenvalue weighted by atomic mass is 32.1. The minimum absolute atomic E-state index is 0.0714. The summed E-state index contributed by atoms with van der Waals surface area (Å²) in [6.07, 6.45) is 4.32. The lowest BCUT2D eigenvalue weighted by molar-refractivity contribution is -0.123. The van der Waals surface area contributed by atoms with Crippen molar-refractivity contribution in [2.45, 2.75) is 58.9 Å². The van der Waals surface area contributed by atoms with Gasteiger partial charge in [0.1, 0.15) is 5.00 Å². The number of urea groups is 1. The molecule has 0 bridgehead atoms. The number of rotatable bonds is 6. The Morgan fingerprint density at radius 3 is 2.56 bits per heavy atom. The van der Waals surface area contributed by atoms with Crippen LogP contribution in [-0.4, -0.2) is 36.5 Å². The molecule has 148 valence electrons. The largest absolute Gasteiger partial charge is 0.452 e. The van der Waals surface area contributed by atoms with Crippen LogP contribution in [0.4, 0.5) is 9.80 Å². The number of imide groups is 1. The lowest BCUT2D eigenvalue weighted by atomic mass is 9.95. The topological polar surface area (TPSA) is 114 Å². The standard InChI is InChI=1S/C18H25N3O5S/c1-4-10(2)19-18(25)21-14(23)9-26-17(24)15-12-7-5-6-8-13(12)27-16(15)20-11(3)22/h10H,4-9H2,1-3H3,(H,20,22)(H2,19,21,23,25)/t10-/m0/s1. The fraction of sp³-hybridized carbons (Fsp3) is 0.556. The van der Waals surface area contributed by atoms with Crippen LogP contribution >= 0.6 is 11.3 Å². The molecule has 3 N–H and O–H groups in total. The van der Waals surface area contributed by atoms with Gasteiger partial charge < -0.3 is 15.4 Å². The summed E-state index contributed by atoms with van der Waals surface area (Å²) in [4.78, 5) is 48.5.